The number of rotatable bonds is 5. The van der Waals surface area contributed by atoms with E-state index in [9.17, 15) is 14.0 Å². The zero-order valence-corrected chi connectivity index (χ0v) is 10.2. The minimum atomic E-state index is -1.17. The Morgan fingerprint density at radius 3 is 2.61 bits per heavy atom. The van der Waals surface area contributed by atoms with Crippen LogP contribution in [0.25, 0.3) is 0 Å². The summed E-state index contributed by atoms with van der Waals surface area (Å²) in [6.07, 6.45) is 0.212. The first kappa shape index (κ1) is 14.1. The number of carboxylic acid groups (broad SMARTS) is 1. The number of carboxylic acids is 1. The van der Waals surface area contributed by atoms with Gasteiger partial charge in [0, 0.05) is 13.0 Å². The molecule has 0 aliphatic rings. The highest BCUT2D eigenvalue weighted by molar-refractivity contribution is 5.94. The molecule has 1 aromatic carbocycles. The molecule has 5 nitrogen and oxygen atoms in total. The molecule has 0 radical (unpaired) electrons. The van der Waals surface area contributed by atoms with Crippen LogP contribution in [0.2, 0.25) is 0 Å². The van der Waals surface area contributed by atoms with E-state index < -0.39 is 11.8 Å². The van der Waals surface area contributed by atoms with Crippen molar-refractivity contribution < 1.29 is 19.1 Å². The maximum atomic E-state index is 13.4. The van der Waals surface area contributed by atoms with E-state index in [2.05, 4.69) is 5.32 Å². The molecule has 18 heavy (non-hydrogen) atoms. The van der Waals surface area contributed by atoms with Gasteiger partial charge >= 0.3 is 5.97 Å². The number of anilines is 1. The van der Waals surface area contributed by atoms with Crippen molar-refractivity contribution in [2.24, 2.45) is 0 Å². The summed E-state index contributed by atoms with van der Waals surface area (Å²) in [7, 11) is 3.64. The smallest absolute Gasteiger partial charge is 0.335 e. The molecule has 0 saturated heterocycles. The molecule has 1 rings (SSSR count). The first-order valence-corrected chi connectivity index (χ1v) is 5.37. The van der Waals surface area contributed by atoms with Crippen molar-refractivity contribution in [1.29, 1.82) is 0 Å². The molecule has 0 unspecified atom stereocenters. The summed E-state index contributed by atoms with van der Waals surface area (Å²) in [6.45, 7) is 0.534. The van der Waals surface area contributed by atoms with Crippen LogP contribution in [0.5, 0.6) is 0 Å². The lowest BCUT2D eigenvalue weighted by molar-refractivity contribution is -0.116. The first-order valence-electron chi connectivity index (χ1n) is 5.37. The Morgan fingerprint density at radius 1 is 1.39 bits per heavy atom. The summed E-state index contributed by atoms with van der Waals surface area (Å²) in [5, 5.41) is 11.1. The van der Waals surface area contributed by atoms with Gasteiger partial charge in [0.15, 0.2) is 0 Å². The largest absolute Gasteiger partial charge is 0.478 e. The van der Waals surface area contributed by atoms with Gasteiger partial charge in [-0.05, 0) is 32.3 Å². The zero-order chi connectivity index (χ0) is 13.7. The van der Waals surface area contributed by atoms with Crippen LogP contribution in [0.1, 0.15) is 16.8 Å². The van der Waals surface area contributed by atoms with Gasteiger partial charge in [-0.15, -0.1) is 0 Å². The standard InChI is InChI=1S/C12H15FN2O3/c1-15(2)6-5-11(16)14-10-7-8(12(17)18)3-4-9(10)13/h3-4,7H,5-6H2,1-2H3,(H,14,16)(H,17,18). The van der Waals surface area contributed by atoms with Gasteiger partial charge < -0.3 is 15.3 Å². The predicted octanol–water partition coefficient (Wildman–Crippen LogP) is 1.41. The minimum absolute atomic E-state index is 0.0701. The van der Waals surface area contributed by atoms with Gasteiger partial charge in [0.05, 0.1) is 11.3 Å². The molecule has 0 aliphatic heterocycles. The van der Waals surface area contributed by atoms with Gasteiger partial charge in [-0.25, -0.2) is 9.18 Å². The van der Waals surface area contributed by atoms with Crippen molar-refractivity contribution >= 4 is 17.6 Å². The third-order valence-electron chi connectivity index (χ3n) is 2.27. The van der Waals surface area contributed by atoms with Gasteiger partial charge in [-0.2, -0.15) is 0 Å². The molecule has 0 heterocycles. The van der Waals surface area contributed by atoms with Crippen molar-refractivity contribution in [3.05, 3.63) is 29.6 Å². The van der Waals surface area contributed by atoms with Gasteiger partial charge in [0.1, 0.15) is 5.82 Å². The van der Waals surface area contributed by atoms with Gasteiger partial charge in [-0.3, -0.25) is 4.79 Å². The van der Waals surface area contributed by atoms with Gasteiger partial charge in [0.2, 0.25) is 5.91 Å². The fraction of sp³-hybridized carbons (Fsp3) is 0.333. The van der Waals surface area contributed by atoms with Crippen LogP contribution >= 0.6 is 0 Å². The maximum Gasteiger partial charge on any atom is 0.335 e. The second-order valence-corrected chi connectivity index (χ2v) is 4.10. The molecule has 0 fully saturated rings. The summed E-state index contributed by atoms with van der Waals surface area (Å²) >= 11 is 0. The molecular weight excluding hydrogens is 239 g/mol. The van der Waals surface area contributed by atoms with Gasteiger partial charge in [0.25, 0.3) is 0 Å². The number of halogens is 1. The summed E-state index contributed by atoms with van der Waals surface area (Å²) in [5.41, 5.74) is -0.182. The van der Waals surface area contributed by atoms with Crippen LogP contribution < -0.4 is 5.32 Å². The highest BCUT2D eigenvalue weighted by Crippen LogP contribution is 2.16. The number of benzene rings is 1. The lowest BCUT2D eigenvalue weighted by Crippen LogP contribution is -2.21. The lowest BCUT2D eigenvalue weighted by atomic mass is 10.2. The number of hydrogen-bond acceptors (Lipinski definition) is 3. The van der Waals surface area contributed by atoms with E-state index in [4.69, 9.17) is 5.11 Å². The molecule has 98 valence electrons. The topological polar surface area (TPSA) is 69.6 Å². The van der Waals surface area contributed by atoms with Crippen molar-refractivity contribution in [2.45, 2.75) is 6.42 Å². The Morgan fingerprint density at radius 2 is 2.06 bits per heavy atom. The fourth-order valence-electron chi connectivity index (χ4n) is 1.29. The Kier molecular flexibility index (Phi) is 4.79. The molecule has 0 spiro atoms. The number of carbonyl (C=O) groups is 2. The van der Waals surface area contributed by atoms with Gasteiger partial charge in [-0.1, -0.05) is 0 Å². The Balaban J connectivity index is 2.74. The molecule has 2 N–H and O–H groups in total. The number of nitrogens with one attached hydrogen (secondary N) is 1. The molecule has 0 aliphatic carbocycles. The fourth-order valence-corrected chi connectivity index (χ4v) is 1.29. The minimum Gasteiger partial charge on any atom is -0.478 e. The summed E-state index contributed by atoms with van der Waals surface area (Å²) < 4.78 is 13.4. The number of nitrogens with zero attached hydrogens (tertiary/aromatic N) is 1. The van der Waals surface area contributed by atoms with E-state index >= 15 is 0 Å². The van der Waals surface area contributed by atoms with E-state index in [0.717, 1.165) is 18.2 Å². The average Bonchev–Trinajstić information content (AvgIpc) is 2.29. The van der Waals surface area contributed by atoms with E-state index in [1.807, 2.05) is 19.0 Å². The number of aromatic carboxylic acids is 1. The Hall–Kier alpha value is -1.95. The highest BCUT2D eigenvalue weighted by atomic mass is 19.1. The number of amides is 1. The summed E-state index contributed by atoms with van der Waals surface area (Å²) in [4.78, 5) is 24.0. The normalized spacial score (nSPS) is 10.4. The molecule has 0 saturated carbocycles. The van der Waals surface area contributed by atoms with E-state index in [1.165, 1.54) is 0 Å². The summed E-state index contributed by atoms with van der Waals surface area (Å²) in [6, 6.07) is 3.27. The van der Waals surface area contributed by atoms with Crippen LogP contribution in [0.3, 0.4) is 0 Å². The van der Waals surface area contributed by atoms with Crippen LogP contribution in [0.15, 0.2) is 18.2 Å². The third kappa shape index (κ3) is 4.14. The Bertz CT molecular complexity index is 461. The van der Waals surface area contributed by atoms with Crippen molar-refractivity contribution in [1.82, 2.24) is 4.90 Å². The number of hydrogen-bond donors (Lipinski definition) is 2. The van der Waals surface area contributed by atoms with E-state index in [0.29, 0.717) is 6.54 Å². The number of carbonyl (C=O) groups excluding carboxylic acids is 1. The van der Waals surface area contributed by atoms with Crippen molar-refractivity contribution in [2.75, 3.05) is 26.0 Å². The van der Waals surface area contributed by atoms with Crippen LogP contribution in [-0.4, -0.2) is 42.5 Å². The molecule has 0 atom stereocenters. The molecule has 6 heteroatoms. The zero-order valence-electron chi connectivity index (χ0n) is 10.2. The molecule has 0 aromatic heterocycles. The molecular formula is C12H15FN2O3. The first-order chi connectivity index (χ1) is 8.40. The quantitative estimate of drug-likeness (QED) is 0.833. The van der Waals surface area contributed by atoms with Crippen LogP contribution in [0.4, 0.5) is 10.1 Å². The van der Waals surface area contributed by atoms with E-state index in [1.54, 1.807) is 0 Å². The Labute approximate surface area is 104 Å². The maximum absolute atomic E-state index is 13.4. The molecule has 1 amide bonds. The van der Waals surface area contributed by atoms with E-state index in [-0.39, 0.29) is 23.6 Å². The second-order valence-electron chi connectivity index (χ2n) is 4.10. The predicted molar refractivity (Wildman–Crippen MR) is 65.2 cm³/mol. The molecule has 0 bridgehead atoms. The monoisotopic (exact) mass is 254 g/mol. The third-order valence-corrected chi connectivity index (χ3v) is 2.27. The highest BCUT2D eigenvalue weighted by Gasteiger charge is 2.11. The average molecular weight is 254 g/mol. The summed E-state index contributed by atoms with van der Waals surface area (Å²) in [5.74, 6) is -2.18. The van der Waals surface area contributed by atoms with Crippen molar-refractivity contribution in [3.8, 4) is 0 Å². The second kappa shape index (κ2) is 6.11. The van der Waals surface area contributed by atoms with Crippen molar-refractivity contribution in [3.63, 3.8) is 0 Å². The SMILES string of the molecule is CN(C)CCC(=O)Nc1cc(C(=O)O)ccc1F. The van der Waals surface area contributed by atoms with Crippen LogP contribution in [-0.2, 0) is 4.79 Å². The lowest BCUT2D eigenvalue weighted by Gasteiger charge is -2.10. The molecule has 1 aromatic rings. The van der Waals surface area contributed by atoms with Crippen LogP contribution in [0, 0.1) is 5.82 Å².